The molecule has 0 saturated heterocycles. The Morgan fingerprint density at radius 3 is 2.12 bits per heavy atom. The Kier molecular flexibility index (Phi) is 2.83. The summed E-state index contributed by atoms with van der Waals surface area (Å²) in [5.41, 5.74) is 4.68. The molecule has 88 valence electrons. The average Bonchev–Trinajstić information content (AvgIpc) is 2.15. The lowest BCUT2D eigenvalue weighted by Crippen LogP contribution is -2.54. The number of rotatable bonds is 2. The van der Waals surface area contributed by atoms with Gasteiger partial charge in [-0.05, 0) is 44.2 Å². The summed E-state index contributed by atoms with van der Waals surface area (Å²) in [5.74, 6) is 0.712. The lowest BCUT2D eigenvalue weighted by Gasteiger charge is -2.52. The third kappa shape index (κ3) is 1.78. The lowest BCUT2D eigenvalue weighted by molar-refractivity contribution is 0.0751. The molecule has 2 atom stereocenters. The zero-order valence-corrected chi connectivity index (χ0v) is 11.1. The van der Waals surface area contributed by atoms with E-state index in [9.17, 15) is 0 Å². The summed E-state index contributed by atoms with van der Waals surface area (Å²) < 4.78 is 0. The summed E-state index contributed by atoms with van der Waals surface area (Å²) in [6.45, 7) is 9.13. The number of benzene rings is 1. The van der Waals surface area contributed by atoms with Crippen LogP contribution < -0.4 is 5.32 Å². The van der Waals surface area contributed by atoms with Crippen molar-refractivity contribution in [2.75, 3.05) is 7.05 Å². The average molecular weight is 217 g/mol. The van der Waals surface area contributed by atoms with Crippen LogP contribution in [-0.2, 0) is 0 Å². The molecule has 1 nitrogen and oxygen atoms in total. The van der Waals surface area contributed by atoms with Gasteiger partial charge in [-0.3, -0.25) is 0 Å². The van der Waals surface area contributed by atoms with E-state index >= 15 is 0 Å². The van der Waals surface area contributed by atoms with Crippen molar-refractivity contribution in [2.24, 2.45) is 5.41 Å². The van der Waals surface area contributed by atoms with Crippen LogP contribution in [0.5, 0.6) is 0 Å². The quantitative estimate of drug-likeness (QED) is 0.800. The van der Waals surface area contributed by atoms with Crippen molar-refractivity contribution < 1.29 is 0 Å². The van der Waals surface area contributed by atoms with Gasteiger partial charge in [0.05, 0.1) is 0 Å². The molecule has 16 heavy (non-hydrogen) atoms. The summed E-state index contributed by atoms with van der Waals surface area (Å²) in [5, 5.41) is 3.42. The highest BCUT2D eigenvalue weighted by molar-refractivity contribution is 5.34. The minimum Gasteiger partial charge on any atom is -0.316 e. The van der Waals surface area contributed by atoms with Crippen molar-refractivity contribution in [1.82, 2.24) is 5.32 Å². The Balaban J connectivity index is 2.27. The van der Waals surface area contributed by atoms with Crippen LogP contribution in [0, 0.1) is 19.3 Å². The van der Waals surface area contributed by atoms with Crippen LogP contribution >= 0.6 is 0 Å². The van der Waals surface area contributed by atoms with E-state index in [-0.39, 0.29) is 0 Å². The van der Waals surface area contributed by atoms with E-state index in [0.29, 0.717) is 17.4 Å². The fourth-order valence-electron chi connectivity index (χ4n) is 3.19. The first-order chi connectivity index (χ1) is 7.45. The molecule has 0 aliphatic heterocycles. The fraction of sp³-hybridized carbons (Fsp3) is 0.600. The Labute approximate surface area is 99.3 Å². The summed E-state index contributed by atoms with van der Waals surface area (Å²) in [6, 6.07) is 7.62. The second-order valence-electron chi connectivity index (χ2n) is 5.87. The van der Waals surface area contributed by atoms with Gasteiger partial charge in [-0.1, -0.05) is 43.2 Å². The molecule has 2 rings (SSSR count). The zero-order chi connectivity index (χ0) is 11.9. The zero-order valence-electron chi connectivity index (χ0n) is 11.1. The maximum absolute atomic E-state index is 3.42. The van der Waals surface area contributed by atoms with E-state index in [2.05, 4.69) is 58.3 Å². The Morgan fingerprint density at radius 1 is 1.12 bits per heavy atom. The summed E-state index contributed by atoms with van der Waals surface area (Å²) >= 11 is 0. The minimum absolute atomic E-state index is 0.384. The van der Waals surface area contributed by atoms with Crippen molar-refractivity contribution in [1.29, 1.82) is 0 Å². The van der Waals surface area contributed by atoms with E-state index < -0.39 is 0 Å². The maximum atomic E-state index is 3.42. The number of hydrogen-bond acceptors (Lipinski definition) is 1. The molecule has 2 unspecified atom stereocenters. The molecule has 0 amide bonds. The predicted octanol–water partition coefficient (Wildman–Crippen LogP) is 3.40. The van der Waals surface area contributed by atoms with E-state index in [4.69, 9.17) is 0 Å². The molecule has 0 aromatic heterocycles. The molecule has 1 fully saturated rings. The SMILES string of the molecule is CNC1CC(c2cc(C)cc(C)c2)C1(C)C. The Hall–Kier alpha value is -0.820. The number of nitrogens with one attached hydrogen (secondary N) is 1. The van der Waals surface area contributed by atoms with Crippen LogP contribution in [0.1, 0.15) is 42.9 Å². The van der Waals surface area contributed by atoms with E-state index in [1.165, 1.54) is 23.1 Å². The minimum atomic E-state index is 0.384. The second-order valence-corrected chi connectivity index (χ2v) is 5.87. The monoisotopic (exact) mass is 217 g/mol. The summed E-state index contributed by atoms with van der Waals surface area (Å²) in [4.78, 5) is 0. The van der Waals surface area contributed by atoms with Crippen molar-refractivity contribution in [3.8, 4) is 0 Å². The smallest absolute Gasteiger partial charge is 0.0127 e. The molecule has 1 N–H and O–H groups in total. The molecule has 1 aromatic rings. The van der Waals surface area contributed by atoms with Crippen molar-refractivity contribution in [3.63, 3.8) is 0 Å². The maximum Gasteiger partial charge on any atom is 0.0127 e. The topological polar surface area (TPSA) is 12.0 Å². The molecule has 0 heterocycles. The largest absolute Gasteiger partial charge is 0.316 e. The first-order valence-corrected chi connectivity index (χ1v) is 6.20. The fourth-order valence-corrected chi connectivity index (χ4v) is 3.19. The molecule has 1 saturated carbocycles. The van der Waals surface area contributed by atoms with Gasteiger partial charge in [-0.15, -0.1) is 0 Å². The van der Waals surface area contributed by atoms with Gasteiger partial charge in [-0.25, -0.2) is 0 Å². The van der Waals surface area contributed by atoms with Crippen LogP contribution in [0.2, 0.25) is 0 Å². The van der Waals surface area contributed by atoms with Crippen molar-refractivity contribution >= 4 is 0 Å². The molecule has 0 bridgehead atoms. The van der Waals surface area contributed by atoms with Gasteiger partial charge in [-0.2, -0.15) is 0 Å². The van der Waals surface area contributed by atoms with Gasteiger partial charge >= 0.3 is 0 Å². The highest BCUT2D eigenvalue weighted by Gasteiger charge is 2.47. The van der Waals surface area contributed by atoms with Gasteiger partial charge in [0.15, 0.2) is 0 Å². The van der Waals surface area contributed by atoms with Gasteiger partial charge in [0.2, 0.25) is 0 Å². The van der Waals surface area contributed by atoms with Crippen molar-refractivity contribution in [3.05, 3.63) is 34.9 Å². The van der Waals surface area contributed by atoms with Crippen molar-refractivity contribution in [2.45, 2.75) is 46.1 Å². The molecule has 1 aliphatic carbocycles. The van der Waals surface area contributed by atoms with E-state index in [1.54, 1.807) is 0 Å². The lowest BCUT2D eigenvalue weighted by atomic mass is 9.56. The molecule has 1 aliphatic rings. The molecule has 1 heteroatoms. The third-order valence-electron chi connectivity index (χ3n) is 4.26. The Morgan fingerprint density at radius 2 is 1.69 bits per heavy atom. The number of aryl methyl sites for hydroxylation is 2. The third-order valence-corrected chi connectivity index (χ3v) is 4.26. The Bertz CT molecular complexity index is 372. The normalized spacial score (nSPS) is 27.6. The predicted molar refractivity (Wildman–Crippen MR) is 69.9 cm³/mol. The molecule has 0 radical (unpaired) electrons. The van der Waals surface area contributed by atoms with Crippen LogP contribution in [0.4, 0.5) is 0 Å². The van der Waals surface area contributed by atoms with Gasteiger partial charge < -0.3 is 5.32 Å². The molecule has 0 spiro atoms. The summed E-state index contributed by atoms with van der Waals surface area (Å²) in [6.07, 6.45) is 1.27. The van der Waals surface area contributed by atoms with E-state index in [1.807, 2.05) is 0 Å². The van der Waals surface area contributed by atoms with Crippen LogP contribution in [0.3, 0.4) is 0 Å². The number of hydrogen-bond donors (Lipinski definition) is 1. The molecular weight excluding hydrogens is 194 g/mol. The highest BCUT2D eigenvalue weighted by Crippen LogP contribution is 2.52. The molecular formula is C15H23N. The van der Waals surface area contributed by atoms with Crippen LogP contribution in [0.25, 0.3) is 0 Å². The highest BCUT2D eigenvalue weighted by atomic mass is 14.9. The van der Waals surface area contributed by atoms with Gasteiger partial charge in [0.1, 0.15) is 0 Å². The summed E-state index contributed by atoms with van der Waals surface area (Å²) in [7, 11) is 2.07. The second kappa shape index (κ2) is 3.89. The van der Waals surface area contributed by atoms with Crippen LogP contribution in [-0.4, -0.2) is 13.1 Å². The molecule has 1 aromatic carbocycles. The first kappa shape index (κ1) is 11.7. The van der Waals surface area contributed by atoms with Crippen LogP contribution in [0.15, 0.2) is 18.2 Å². The first-order valence-electron chi connectivity index (χ1n) is 6.20. The standard InChI is InChI=1S/C15H23N/c1-10-6-11(2)8-12(7-10)13-9-14(16-5)15(13,3)4/h6-8,13-14,16H,9H2,1-5H3. The van der Waals surface area contributed by atoms with Gasteiger partial charge in [0, 0.05) is 6.04 Å². The van der Waals surface area contributed by atoms with E-state index in [0.717, 1.165) is 0 Å². The van der Waals surface area contributed by atoms with Gasteiger partial charge in [0.25, 0.3) is 0 Å².